The van der Waals surface area contributed by atoms with Crippen LogP contribution in [0.3, 0.4) is 0 Å². The van der Waals surface area contributed by atoms with Crippen molar-refractivity contribution in [3.63, 3.8) is 0 Å². The molecule has 5 heteroatoms. The summed E-state index contributed by atoms with van der Waals surface area (Å²) >= 11 is 0. The normalized spacial score (nSPS) is 10.6. The molecule has 2 heterocycles. The van der Waals surface area contributed by atoms with Gasteiger partial charge in [0.25, 0.3) is 0 Å². The zero-order valence-corrected chi connectivity index (χ0v) is 12.9. The van der Waals surface area contributed by atoms with Crippen LogP contribution in [0.5, 0.6) is 0 Å². The summed E-state index contributed by atoms with van der Waals surface area (Å²) in [7, 11) is 0. The number of nitriles is 1. The van der Waals surface area contributed by atoms with Gasteiger partial charge in [0, 0.05) is 30.0 Å². The Morgan fingerprint density at radius 2 is 1.95 bits per heavy atom. The SMILES string of the molecule is Cc1cc(CNc2nccnc2C#N)c2[nH]c(C)c(C)c2c1. The molecular weight excluding hydrogens is 274 g/mol. The van der Waals surface area contributed by atoms with Crippen molar-refractivity contribution in [1.82, 2.24) is 15.0 Å². The van der Waals surface area contributed by atoms with Crippen molar-refractivity contribution in [2.75, 3.05) is 5.32 Å². The Kier molecular flexibility index (Phi) is 3.51. The molecule has 2 N–H and O–H groups in total. The van der Waals surface area contributed by atoms with E-state index in [9.17, 15) is 0 Å². The lowest BCUT2D eigenvalue weighted by Gasteiger charge is -2.09. The number of aromatic nitrogens is 3. The number of aryl methyl sites for hydroxylation is 3. The van der Waals surface area contributed by atoms with E-state index in [0.717, 1.165) is 11.1 Å². The zero-order chi connectivity index (χ0) is 15.7. The molecule has 0 fully saturated rings. The van der Waals surface area contributed by atoms with Crippen molar-refractivity contribution >= 4 is 16.7 Å². The lowest BCUT2D eigenvalue weighted by Crippen LogP contribution is -2.05. The Hall–Kier alpha value is -2.87. The minimum Gasteiger partial charge on any atom is -0.363 e. The molecular formula is C17H17N5. The van der Waals surface area contributed by atoms with Crippen LogP contribution in [-0.2, 0) is 6.54 Å². The van der Waals surface area contributed by atoms with Crippen LogP contribution in [-0.4, -0.2) is 15.0 Å². The molecule has 0 atom stereocenters. The van der Waals surface area contributed by atoms with Crippen LogP contribution in [0, 0.1) is 32.1 Å². The molecule has 0 bridgehead atoms. The third-order valence-corrected chi connectivity index (χ3v) is 3.89. The number of nitrogens with zero attached hydrogens (tertiary/aromatic N) is 3. The van der Waals surface area contributed by atoms with Gasteiger partial charge in [-0.1, -0.05) is 11.6 Å². The van der Waals surface area contributed by atoms with Gasteiger partial charge in [-0.05, 0) is 38.0 Å². The van der Waals surface area contributed by atoms with Crippen molar-refractivity contribution in [1.29, 1.82) is 5.26 Å². The standard InChI is InChI=1S/C17H17N5/c1-10-6-13(16-14(7-10)11(2)12(3)22-16)9-21-17-15(8-18)19-4-5-20-17/h4-7,22H,9H2,1-3H3,(H,20,21). The van der Waals surface area contributed by atoms with Crippen molar-refractivity contribution in [3.05, 3.63) is 52.6 Å². The summed E-state index contributed by atoms with van der Waals surface area (Å²) in [6.45, 7) is 6.89. The number of hydrogen-bond acceptors (Lipinski definition) is 4. The van der Waals surface area contributed by atoms with E-state index >= 15 is 0 Å². The Morgan fingerprint density at radius 1 is 1.18 bits per heavy atom. The highest BCUT2D eigenvalue weighted by molar-refractivity contribution is 5.88. The zero-order valence-electron chi connectivity index (χ0n) is 12.9. The summed E-state index contributed by atoms with van der Waals surface area (Å²) in [6, 6.07) is 6.39. The van der Waals surface area contributed by atoms with Crippen LogP contribution in [0.1, 0.15) is 28.1 Å². The van der Waals surface area contributed by atoms with E-state index in [1.165, 1.54) is 28.4 Å². The van der Waals surface area contributed by atoms with Gasteiger partial charge < -0.3 is 10.3 Å². The maximum absolute atomic E-state index is 9.07. The molecule has 22 heavy (non-hydrogen) atoms. The third kappa shape index (κ3) is 2.40. The second-order valence-electron chi connectivity index (χ2n) is 5.44. The molecule has 0 radical (unpaired) electrons. The molecule has 0 saturated carbocycles. The van der Waals surface area contributed by atoms with Gasteiger partial charge in [0.15, 0.2) is 11.5 Å². The number of H-pyrrole nitrogens is 1. The second-order valence-corrected chi connectivity index (χ2v) is 5.44. The molecule has 0 aliphatic heterocycles. The molecule has 0 unspecified atom stereocenters. The van der Waals surface area contributed by atoms with E-state index in [-0.39, 0.29) is 0 Å². The Morgan fingerprint density at radius 3 is 2.73 bits per heavy atom. The lowest BCUT2D eigenvalue weighted by molar-refractivity contribution is 1.07. The minimum absolute atomic E-state index is 0.310. The third-order valence-electron chi connectivity index (χ3n) is 3.89. The minimum atomic E-state index is 0.310. The first kappa shape index (κ1) is 14.1. The number of nitrogens with one attached hydrogen (secondary N) is 2. The topological polar surface area (TPSA) is 77.4 Å². The van der Waals surface area contributed by atoms with Crippen LogP contribution < -0.4 is 5.32 Å². The lowest BCUT2D eigenvalue weighted by atomic mass is 10.0. The fourth-order valence-corrected chi connectivity index (χ4v) is 2.66. The highest BCUT2D eigenvalue weighted by Crippen LogP contribution is 2.26. The summed E-state index contributed by atoms with van der Waals surface area (Å²) in [5.74, 6) is 0.514. The van der Waals surface area contributed by atoms with Crippen LogP contribution >= 0.6 is 0 Å². The van der Waals surface area contributed by atoms with Gasteiger partial charge in [0.2, 0.25) is 0 Å². The number of rotatable bonds is 3. The molecule has 3 rings (SSSR count). The van der Waals surface area contributed by atoms with Crippen LogP contribution in [0.15, 0.2) is 24.5 Å². The Balaban J connectivity index is 1.98. The number of fused-ring (bicyclic) bond motifs is 1. The molecule has 0 aliphatic carbocycles. The first-order valence-electron chi connectivity index (χ1n) is 7.13. The summed E-state index contributed by atoms with van der Waals surface area (Å²) < 4.78 is 0. The predicted molar refractivity (Wildman–Crippen MR) is 86.6 cm³/mol. The molecule has 1 aromatic carbocycles. The molecule has 0 aliphatic rings. The molecule has 0 saturated heterocycles. The maximum atomic E-state index is 9.07. The van der Waals surface area contributed by atoms with Gasteiger partial charge in [-0.3, -0.25) is 0 Å². The Labute approximate surface area is 129 Å². The molecule has 2 aromatic heterocycles. The smallest absolute Gasteiger partial charge is 0.182 e. The Bertz CT molecular complexity index is 886. The summed E-state index contributed by atoms with van der Waals surface area (Å²) in [5.41, 5.74) is 6.27. The fourth-order valence-electron chi connectivity index (χ4n) is 2.66. The van der Waals surface area contributed by atoms with Gasteiger partial charge in [-0.25, -0.2) is 9.97 Å². The van der Waals surface area contributed by atoms with E-state index < -0.39 is 0 Å². The molecule has 0 amide bonds. The van der Waals surface area contributed by atoms with Crippen LogP contribution in [0.2, 0.25) is 0 Å². The van der Waals surface area contributed by atoms with Crippen molar-refractivity contribution < 1.29 is 0 Å². The van der Waals surface area contributed by atoms with Gasteiger partial charge in [0.05, 0.1) is 5.52 Å². The number of anilines is 1. The van der Waals surface area contributed by atoms with Crippen molar-refractivity contribution in [3.8, 4) is 6.07 Å². The molecule has 0 spiro atoms. The van der Waals surface area contributed by atoms with Gasteiger partial charge in [0.1, 0.15) is 6.07 Å². The first-order valence-corrected chi connectivity index (χ1v) is 7.13. The first-order chi connectivity index (χ1) is 10.6. The van der Waals surface area contributed by atoms with Gasteiger partial charge >= 0.3 is 0 Å². The molecule has 3 aromatic rings. The summed E-state index contributed by atoms with van der Waals surface area (Å²) in [5, 5.41) is 13.5. The van der Waals surface area contributed by atoms with Gasteiger partial charge in [-0.2, -0.15) is 5.26 Å². The van der Waals surface area contributed by atoms with E-state index in [2.05, 4.69) is 53.2 Å². The summed E-state index contributed by atoms with van der Waals surface area (Å²) in [4.78, 5) is 11.6. The van der Waals surface area contributed by atoms with Crippen molar-refractivity contribution in [2.45, 2.75) is 27.3 Å². The predicted octanol–water partition coefficient (Wildman–Crippen LogP) is 3.37. The monoisotopic (exact) mass is 291 g/mol. The largest absolute Gasteiger partial charge is 0.363 e. The maximum Gasteiger partial charge on any atom is 0.182 e. The second kappa shape index (κ2) is 5.49. The quantitative estimate of drug-likeness (QED) is 0.775. The number of benzene rings is 1. The number of hydrogen-bond donors (Lipinski definition) is 2. The van der Waals surface area contributed by atoms with Crippen LogP contribution in [0.4, 0.5) is 5.82 Å². The van der Waals surface area contributed by atoms with E-state index in [1.54, 1.807) is 6.20 Å². The highest BCUT2D eigenvalue weighted by Gasteiger charge is 2.10. The fraction of sp³-hybridized carbons (Fsp3) is 0.235. The van der Waals surface area contributed by atoms with Crippen molar-refractivity contribution in [2.24, 2.45) is 0 Å². The average Bonchev–Trinajstić information content (AvgIpc) is 2.81. The summed E-state index contributed by atoms with van der Waals surface area (Å²) in [6.07, 6.45) is 3.10. The highest BCUT2D eigenvalue weighted by atomic mass is 15.0. The van der Waals surface area contributed by atoms with E-state index in [4.69, 9.17) is 5.26 Å². The molecule has 5 nitrogen and oxygen atoms in total. The number of aromatic amines is 1. The van der Waals surface area contributed by atoms with Gasteiger partial charge in [-0.15, -0.1) is 0 Å². The molecule has 110 valence electrons. The average molecular weight is 291 g/mol. The van der Waals surface area contributed by atoms with Crippen LogP contribution in [0.25, 0.3) is 10.9 Å². The van der Waals surface area contributed by atoms with E-state index in [1.807, 2.05) is 6.07 Å². The van der Waals surface area contributed by atoms with E-state index in [0.29, 0.717) is 18.1 Å².